The van der Waals surface area contributed by atoms with Crippen molar-refractivity contribution in [1.29, 1.82) is 0 Å². The summed E-state index contributed by atoms with van der Waals surface area (Å²) in [7, 11) is 0. The van der Waals surface area contributed by atoms with E-state index in [-0.39, 0.29) is 24.3 Å². The van der Waals surface area contributed by atoms with Crippen LogP contribution in [0.25, 0.3) is 6.08 Å². The summed E-state index contributed by atoms with van der Waals surface area (Å²) in [5, 5.41) is -0.305. The number of thioether (sulfide) groups is 1. The molecular formula is C28H26INO5S. The van der Waals surface area contributed by atoms with Crippen molar-refractivity contribution in [1.82, 2.24) is 4.90 Å². The standard InChI is InChI=1S/C28H26INO5S/c1-3-33-24-16-21(15-23(29)26(24)35-18-20-11-9-19(2)10-12-20)17-25-27(31)30(28(32)36-25)13-14-34-22-7-5-4-6-8-22/h4-12,15-17H,3,13-14,18H2,1-2H3/b25-17-. The third kappa shape index (κ3) is 6.61. The average molecular weight is 615 g/mol. The Hall–Kier alpha value is -2.98. The van der Waals surface area contributed by atoms with Gasteiger partial charge in [0, 0.05) is 0 Å². The van der Waals surface area contributed by atoms with E-state index in [1.165, 1.54) is 10.5 Å². The van der Waals surface area contributed by atoms with Gasteiger partial charge in [0.25, 0.3) is 11.1 Å². The first-order valence-electron chi connectivity index (χ1n) is 11.5. The normalized spacial score (nSPS) is 14.4. The second kappa shape index (κ2) is 12.3. The molecule has 36 heavy (non-hydrogen) atoms. The van der Waals surface area contributed by atoms with Crippen LogP contribution in [0.1, 0.15) is 23.6 Å². The molecule has 8 heteroatoms. The molecule has 3 aromatic rings. The van der Waals surface area contributed by atoms with Crippen LogP contribution in [0, 0.1) is 10.5 Å². The number of aryl methyl sites for hydroxylation is 1. The van der Waals surface area contributed by atoms with E-state index in [9.17, 15) is 9.59 Å². The maximum atomic E-state index is 12.9. The first-order valence-corrected chi connectivity index (χ1v) is 13.4. The number of amides is 2. The largest absolute Gasteiger partial charge is 0.492 e. The summed E-state index contributed by atoms with van der Waals surface area (Å²) >= 11 is 3.13. The minimum atomic E-state index is -0.325. The minimum absolute atomic E-state index is 0.185. The molecule has 0 atom stereocenters. The van der Waals surface area contributed by atoms with Crippen LogP contribution in [0.4, 0.5) is 4.79 Å². The summed E-state index contributed by atoms with van der Waals surface area (Å²) in [4.78, 5) is 27.0. The van der Waals surface area contributed by atoms with E-state index in [1.807, 2.05) is 68.4 Å². The molecule has 1 heterocycles. The molecule has 0 aromatic heterocycles. The summed E-state index contributed by atoms with van der Waals surface area (Å²) in [5.74, 6) is 1.62. The Morgan fingerprint density at radius 1 is 0.972 bits per heavy atom. The number of hydrogen-bond acceptors (Lipinski definition) is 6. The molecule has 0 bridgehead atoms. The predicted octanol–water partition coefficient (Wildman–Crippen LogP) is 6.69. The number of nitrogens with zero attached hydrogens (tertiary/aromatic N) is 1. The first kappa shape index (κ1) is 26.1. The molecule has 4 rings (SSSR count). The fraction of sp³-hybridized carbons (Fsp3) is 0.214. The highest BCUT2D eigenvalue weighted by molar-refractivity contribution is 14.1. The van der Waals surface area contributed by atoms with Crippen LogP contribution < -0.4 is 14.2 Å². The van der Waals surface area contributed by atoms with E-state index >= 15 is 0 Å². The molecule has 1 aliphatic rings. The van der Waals surface area contributed by atoms with Crippen LogP contribution in [0.15, 0.2) is 71.6 Å². The molecule has 0 unspecified atom stereocenters. The molecule has 6 nitrogen and oxygen atoms in total. The number of ether oxygens (including phenoxy) is 3. The predicted molar refractivity (Wildman–Crippen MR) is 150 cm³/mol. The molecular weight excluding hydrogens is 589 g/mol. The van der Waals surface area contributed by atoms with E-state index in [4.69, 9.17) is 14.2 Å². The number of carbonyl (C=O) groups excluding carboxylic acids is 2. The Morgan fingerprint density at radius 2 is 1.72 bits per heavy atom. The monoisotopic (exact) mass is 615 g/mol. The molecule has 0 radical (unpaired) electrons. The van der Waals surface area contributed by atoms with E-state index in [0.717, 1.165) is 26.5 Å². The summed E-state index contributed by atoms with van der Waals surface area (Å²) in [6.45, 7) is 5.26. The molecule has 0 saturated carbocycles. The number of imide groups is 1. The van der Waals surface area contributed by atoms with E-state index in [1.54, 1.807) is 6.08 Å². The van der Waals surface area contributed by atoms with Gasteiger partial charge in [-0.2, -0.15) is 0 Å². The van der Waals surface area contributed by atoms with Gasteiger partial charge in [-0.15, -0.1) is 0 Å². The van der Waals surface area contributed by atoms with Gasteiger partial charge in [-0.1, -0.05) is 48.0 Å². The highest BCUT2D eigenvalue weighted by Gasteiger charge is 2.35. The van der Waals surface area contributed by atoms with E-state index in [0.29, 0.717) is 35.4 Å². The fourth-order valence-electron chi connectivity index (χ4n) is 3.53. The second-order valence-corrected chi connectivity index (χ2v) is 10.2. The molecule has 2 amide bonds. The average Bonchev–Trinajstić information content (AvgIpc) is 3.13. The van der Waals surface area contributed by atoms with Crippen molar-refractivity contribution in [3.63, 3.8) is 0 Å². The van der Waals surface area contributed by atoms with Crippen molar-refractivity contribution in [2.75, 3.05) is 19.8 Å². The van der Waals surface area contributed by atoms with Crippen LogP contribution in [0.2, 0.25) is 0 Å². The molecule has 0 N–H and O–H groups in total. The number of carbonyl (C=O) groups is 2. The molecule has 1 fully saturated rings. The SMILES string of the molecule is CCOc1cc(/C=C2\SC(=O)N(CCOc3ccccc3)C2=O)cc(I)c1OCc1ccc(C)cc1. The highest BCUT2D eigenvalue weighted by Crippen LogP contribution is 2.38. The van der Waals surface area contributed by atoms with Gasteiger partial charge in [0.1, 0.15) is 19.0 Å². The zero-order chi connectivity index (χ0) is 25.5. The topological polar surface area (TPSA) is 65.1 Å². The van der Waals surface area contributed by atoms with Crippen molar-refractivity contribution in [3.05, 3.63) is 91.9 Å². The zero-order valence-electron chi connectivity index (χ0n) is 20.0. The van der Waals surface area contributed by atoms with Crippen LogP contribution >= 0.6 is 34.4 Å². The van der Waals surface area contributed by atoms with Gasteiger partial charge in [-0.25, -0.2) is 0 Å². The van der Waals surface area contributed by atoms with E-state index < -0.39 is 0 Å². The van der Waals surface area contributed by atoms with Crippen LogP contribution in [-0.4, -0.2) is 35.8 Å². The Bertz CT molecular complexity index is 1260. The van der Waals surface area contributed by atoms with Crippen LogP contribution in [0.3, 0.4) is 0 Å². The molecule has 3 aromatic carbocycles. The van der Waals surface area contributed by atoms with Crippen molar-refractivity contribution in [2.45, 2.75) is 20.5 Å². The van der Waals surface area contributed by atoms with Gasteiger partial charge in [-0.05, 0) is 89.7 Å². The van der Waals surface area contributed by atoms with Crippen LogP contribution in [-0.2, 0) is 11.4 Å². The Balaban J connectivity index is 1.46. The van der Waals surface area contributed by atoms with Gasteiger partial charge in [-0.3, -0.25) is 14.5 Å². The van der Waals surface area contributed by atoms with Crippen molar-refractivity contribution in [3.8, 4) is 17.2 Å². The molecule has 186 valence electrons. The maximum absolute atomic E-state index is 12.9. The highest BCUT2D eigenvalue weighted by atomic mass is 127. The molecule has 0 spiro atoms. The van der Waals surface area contributed by atoms with Crippen LogP contribution in [0.5, 0.6) is 17.2 Å². The summed E-state index contributed by atoms with van der Waals surface area (Å²) in [5.41, 5.74) is 3.02. The van der Waals surface area contributed by atoms with Gasteiger partial charge >= 0.3 is 0 Å². The number of hydrogen-bond donors (Lipinski definition) is 0. The lowest BCUT2D eigenvalue weighted by Crippen LogP contribution is -2.32. The van der Waals surface area contributed by atoms with E-state index in [2.05, 4.69) is 34.7 Å². The van der Waals surface area contributed by atoms with Gasteiger partial charge in [0.2, 0.25) is 0 Å². The van der Waals surface area contributed by atoms with Gasteiger partial charge < -0.3 is 14.2 Å². The van der Waals surface area contributed by atoms with Gasteiger partial charge in [0.15, 0.2) is 11.5 Å². The first-order chi connectivity index (χ1) is 17.4. The minimum Gasteiger partial charge on any atom is -0.492 e. The molecule has 1 aliphatic heterocycles. The van der Waals surface area contributed by atoms with Gasteiger partial charge in [0.05, 0.1) is 21.6 Å². The maximum Gasteiger partial charge on any atom is 0.293 e. The number of benzene rings is 3. The lowest BCUT2D eigenvalue weighted by molar-refractivity contribution is -0.123. The quantitative estimate of drug-likeness (QED) is 0.187. The third-order valence-corrected chi connectivity index (χ3v) is 7.04. The number of halogens is 1. The zero-order valence-corrected chi connectivity index (χ0v) is 23.0. The Labute approximate surface area is 228 Å². The fourth-order valence-corrected chi connectivity index (χ4v) is 5.18. The molecule has 1 saturated heterocycles. The lowest BCUT2D eigenvalue weighted by Gasteiger charge is -2.15. The van der Waals surface area contributed by atoms with Crippen molar-refractivity contribution < 1.29 is 23.8 Å². The third-order valence-electron chi connectivity index (χ3n) is 5.33. The number of rotatable bonds is 10. The second-order valence-electron chi connectivity index (χ2n) is 8.03. The smallest absolute Gasteiger partial charge is 0.293 e. The Morgan fingerprint density at radius 3 is 2.44 bits per heavy atom. The summed E-state index contributed by atoms with van der Waals surface area (Å²) in [6, 6.07) is 21.2. The number of para-hydroxylation sites is 1. The lowest BCUT2D eigenvalue weighted by atomic mass is 10.1. The summed E-state index contributed by atoms with van der Waals surface area (Å²) < 4.78 is 18.5. The van der Waals surface area contributed by atoms with Crippen molar-refractivity contribution >= 4 is 51.6 Å². The van der Waals surface area contributed by atoms with Crippen molar-refractivity contribution in [2.24, 2.45) is 0 Å². The summed E-state index contributed by atoms with van der Waals surface area (Å²) in [6.07, 6.45) is 1.72. The Kier molecular flexibility index (Phi) is 8.93. The molecule has 0 aliphatic carbocycles.